The van der Waals surface area contributed by atoms with Crippen LogP contribution in [0.25, 0.3) is 22.3 Å². The van der Waals surface area contributed by atoms with Gasteiger partial charge in [0.2, 0.25) is 5.91 Å². The molecule has 0 radical (unpaired) electrons. The van der Waals surface area contributed by atoms with Gasteiger partial charge in [0.1, 0.15) is 5.75 Å². The minimum Gasteiger partial charge on any atom is -0.507 e. The van der Waals surface area contributed by atoms with Crippen LogP contribution in [0, 0.1) is 6.92 Å². The third-order valence-electron chi connectivity index (χ3n) is 6.70. The number of aromatic hydroxyl groups is 1. The van der Waals surface area contributed by atoms with Gasteiger partial charge in [-0.3, -0.25) is 9.69 Å². The summed E-state index contributed by atoms with van der Waals surface area (Å²) in [5, 5.41) is 20.0. The lowest BCUT2D eigenvalue weighted by atomic mass is 9.94. The number of carbonyl (C=O) groups is 1. The number of nitrogens with one attached hydrogen (secondary N) is 1. The molecule has 3 aromatic rings. The average Bonchev–Trinajstić information content (AvgIpc) is 3.41. The number of aromatic nitrogens is 3. The summed E-state index contributed by atoms with van der Waals surface area (Å²) in [6, 6.07) is 9.30. The molecule has 2 aromatic heterocycles. The zero-order valence-electron chi connectivity index (χ0n) is 18.1. The summed E-state index contributed by atoms with van der Waals surface area (Å²) < 4.78 is 5.55. The molecule has 8 heteroatoms. The number of aromatic amines is 1. The fraction of sp³-hybridized carbons (Fsp3) is 0.375. The van der Waals surface area contributed by atoms with E-state index in [0.717, 1.165) is 29.7 Å². The van der Waals surface area contributed by atoms with E-state index in [1.807, 2.05) is 23.1 Å². The number of rotatable bonds is 4. The molecule has 5 rings (SSSR count). The van der Waals surface area contributed by atoms with Crippen molar-refractivity contribution in [2.45, 2.75) is 18.9 Å². The largest absolute Gasteiger partial charge is 0.507 e. The quantitative estimate of drug-likeness (QED) is 0.614. The van der Waals surface area contributed by atoms with E-state index in [4.69, 9.17) is 4.74 Å². The number of carbonyl (C=O) groups excluding carboxylic acids is 1. The minimum absolute atomic E-state index is 0.0406. The van der Waals surface area contributed by atoms with Gasteiger partial charge in [-0.2, -0.15) is 0 Å². The van der Waals surface area contributed by atoms with Crippen LogP contribution in [0.1, 0.15) is 17.2 Å². The number of likely N-dealkylation sites (tertiary alicyclic amines) is 1. The van der Waals surface area contributed by atoms with E-state index in [9.17, 15) is 9.90 Å². The number of phenols is 1. The number of nitrogens with zero attached hydrogens (tertiary/aromatic N) is 4. The van der Waals surface area contributed by atoms with Crippen LogP contribution in [-0.4, -0.2) is 81.4 Å². The van der Waals surface area contributed by atoms with Crippen molar-refractivity contribution in [3.8, 4) is 17.0 Å². The Labute approximate surface area is 186 Å². The van der Waals surface area contributed by atoms with Crippen LogP contribution in [0.4, 0.5) is 0 Å². The van der Waals surface area contributed by atoms with Crippen molar-refractivity contribution < 1.29 is 14.6 Å². The van der Waals surface area contributed by atoms with Gasteiger partial charge in [0.05, 0.1) is 18.9 Å². The number of morpholine rings is 1. The van der Waals surface area contributed by atoms with E-state index in [1.165, 1.54) is 6.08 Å². The number of para-hydroxylation sites is 1. The zero-order chi connectivity index (χ0) is 22.2. The molecule has 2 aliphatic rings. The molecule has 1 amide bonds. The van der Waals surface area contributed by atoms with Crippen molar-refractivity contribution >= 4 is 16.9 Å². The van der Waals surface area contributed by atoms with Crippen LogP contribution in [0.3, 0.4) is 0 Å². The standard InChI is InChI=1S/C24H27N5O3/c1-3-22(31)29-13-18(20(14-29)28-8-10-32-11-9-28)23-15(2)17-12-19(26-27-24(17)25-23)16-6-4-5-7-21(16)30/h3-7,12,18,20,30H,1,8-11,13-14H2,2H3,(H,25,27)/t18-,20-/m1/s1. The molecule has 0 spiro atoms. The van der Waals surface area contributed by atoms with Crippen molar-refractivity contribution in [2.75, 3.05) is 39.4 Å². The maximum Gasteiger partial charge on any atom is 0.246 e. The second-order valence-corrected chi connectivity index (χ2v) is 8.44. The van der Waals surface area contributed by atoms with Crippen LogP contribution >= 0.6 is 0 Å². The molecule has 0 saturated carbocycles. The number of benzene rings is 1. The van der Waals surface area contributed by atoms with Crippen molar-refractivity contribution in [2.24, 2.45) is 0 Å². The fourth-order valence-electron chi connectivity index (χ4n) is 4.99. The van der Waals surface area contributed by atoms with Gasteiger partial charge in [-0.05, 0) is 36.8 Å². The fourth-order valence-corrected chi connectivity index (χ4v) is 4.99. The highest BCUT2D eigenvalue weighted by molar-refractivity contribution is 5.88. The Balaban J connectivity index is 1.54. The van der Waals surface area contributed by atoms with E-state index < -0.39 is 0 Å². The van der Waals surface area contributed by atoms with E-state index in [-0.39, 0.29) is 23.6 Å². The van der Waals surface area contributed by atoms with Crippen LogP contribution in [0.2, 0.25) is 0 Å². The lowest BCUT2D eigenvalue weighted by molar-refractivity contribution is -0.125. The molecular weight excluding hydrogens is 406 g/mol. The summed E-state index contributed by atoms with van der Waals surface area (Å²) >= 11 is 0. The van der Waals surface area contributed by atoms with E-state index >= 15 is 0 Å². The molecular formula is C24H27N5O3. The molecule has 8 nitrogen and oxygen atoms in total. The van der Waals surface area contributed by atoms with Crippen molar-refractivity contribution in [1.29, 1.82) is 0 Å². The number of aryl methyl sites for hydroxylation is 1. The smallest absolute Gasteiger partial charge is 0.246 e. The molecule has 166 valence electrons. The second kappa shape index (κ2) is 8.37. The maximum absolute atomic E-state index is 12.4. The number of phenolic OH excluding ortho intramolecular Hbond substituents is 1. The van der Waals surface area contributed by atoms with Crippen LogP contribution < -0.4 is 0 Å². The van der Waals surface area contributed by atoms with Crippen LogP contribution in [-0.2, 0) is 9.53 Å². The summed E-state index contributed by atoms with van der Waals surface area (Å²) in [6.07, 6.45) is 1.39. The number of H-pyrrole nitrogens is 1. The van der Waals surface area contributed by atoms with E-state index in [1.54, 1.807) is 12.1 Å². The maximum atomic E-state index is 12.4. The molecule has 0 unspecified atom stereocenters. The summed E-state index contributed by atoms with van der Waals surface area (Å²) in [5.41, 5.74) is 4.18. The van der Waals surface area contributed by atoms with E-state index in [0.29, 0.717) is 43.2 Å². The number of amides is 1. The number of hydrogen-bond donors (Lipinski definition) is 2. The molecule has 2 atom stereocenters. The lowest BCUT2D eigenvalue weighted by Crippen LogP contribution is -2.47. The van der Waals surface area contributed by atoms with Crippen molar-refractivity contribution in [3.63, 3.8) is 0 Å². The highest BCUT2D eigenvalue weighted by Crippen LogP contribution is 2.37. The van der Waals surface area contributed by atoms with Gasteiger partial charge < -0.3 is 19.7 Å². The van der Waals surface area contributed by atoms with Gasteiger partial charge in [0.25, 0.3) is 0 Å². The topological polar surface area (TPSA) is 94.6 Å². The summed E-state index contributed by atoms with van der Waals surface area (Å²) in [5.74, 6) is 0.261. The monoisotopic (exact) mass is 433 g/mol. The van der Waals surface area contributed by atoms with Gasteiger partial charge in [0, 0.05) is 54.8 Å². The molecule has 32 heavy (non-hydrogen) atoms. The lowest BCUT2D eigenvalue weighted by Gasteiger charge is -2.34. The second-order valence-electron chi connectivity index (χ2n) is 8.44. The van der Waals surface area contributed by atoms with Gasteiger partial charge in [-0.25, -0.2) is 0 Å². The van der Waals surface area contributed by atoms with Gasteiger partial charge in [-0.15, -0.1) is 10.2 Å². The Morgan fingerprint density at radius 2 is 2.03 bits per heavy atom. The average molecular weight is 434 g/mol. The number of ether oxygens (including phenoxy) is 1. The molecule has 1 aromatic carbocycles. The molecule has 2 saturated heterocycles. The molecule has 2 N–H and O–H groups in total. The predicted molar refractivity (Wildman–Crippen MR) is 121 cm³/mol. The molecule has 0 bridgehead atoms. The molecule has 2 fully saturated rings. The minimum atomic E-state index is -0.0406. The number of fused-ring (bicyclic) bond motifs is 1. The Bertz CT molecular complexity index is 1170. The molecule has 4 heterocycles. The van der Waals surface area contributed by atoms with Gasteiger partial charge in [0.15, 0.2) is 5.65 Å². The first-order chi connectivity index (χ1) is 15.6. The zero-order valence-corrected chi connectivity index (χ0v) is 18.1. The van der Waals surface area contributed by atoms with Gasteiger partial charge in [-0.1, -0.05) is 18.7 Å². The normalized spacial score (nSPS) is 21.8. The Kier molecular flexibility index (Phi) is 5.40. The highest BCUT2D eigenvalue weighted by Gasteiger charge is 2.41. The summed E-state index contributed by atoms with van der Waals surface area (Å²) in [7, 11) is 0. The summed E-state index contributed by atoms with van der Waals surface area (Å²) in [4.78, 5) is 20.2. The third-order valence-corrected chi connectivity index (χ3v) is 6.70. The third kappa shape index (κ3) is 3.55. The Morgan fingerprint density at radius 3 is 2.78 bits per heavy atom. The summed E-state index contributed by atoms with van der Waals surface area (Å²) in [6.45, 7) is 10.2. The van der Waals surface area contributed by atoms with Crippen molar-refractivity contribution in [3.05, 3.63) is 54.2 Å². The molecule has 0 aliphatic carbocycles. The van der Waals surface area contributed by atoms with Crippen molar-refractivity contribution in [1.82, 2.24) is 25.0 Å². The first-order valence-electron chi connectivity index (χ1n) is 10.9. The molecule has 2 aliphatic heterocycles. The van der Waals surface area contributed by atoms with E-state index in [2.05, 4.69) is 33.6 Å². The highest BCUT2D eigenvalue weighted by atomic mass is 16.5. The van der Waals surface area contributed by atoms with Crippen LogP contribution in [0.5, 0.6) is 5.75 Å². The first kappa shape index (κ1) is 20.7. The SMILES string of the molecule is C=CC(=O)N1C[C@@H](N2CCOCC2)[C@H](c2[nH]c3nnc(-c4ccccc4O)cc3c2C)C1. The Morgan fingerprint density at radius 1 is 1.25 bits per heavy atom. The first-order valence-corrected chi connectivity index (χ1v) is 10.9. The van der Waals surface area contributed by atoms with Crippen LogP contribution in [0.15, 0.2) is 43.0 Å². The Hall–Kier alpha value is -3.23. The predicted octanol–water partition coefficient (Wildman–Crippen LogP) is 2.45. The number of hydrogen-bond acceptors (Lipinski definition) is 6. The van der Waals surface area contributed by atoms with Gasteiger partial charge >= 0.3 is 0 Å².